The Kier molecular flexibility index (Phi) is 4.24. The number of carbonyl (C=O) groups is 2. The average molecular weight is 343 g/mol. The smallest absolute Gasteiger partial charge is 0.410 e. The van der Waals surface area contributed by atoms with Gasteiger partial charge in [-0.2, -0.15) is 0 Å². The number of imidazole rings is 1. The molecule has 0 unspecified atom stereocenters. The highest BCUT2D eigenvalue weighted by Gasteiger charge is 2.31. The van der Waals surface area contributed by atoms with Crippen LogP contribution >= 0.6 is 0 Å². The number of hydrogen-bond acceptors (Lipinski definition) is 4. The van der Waals surface area contributed by atoms with Crippen molar-refractivity contribution in [3.05, 3.63) is 41.7 Å². The summed E-state index contributed by atoms with van der Waals surface area (Å²) in [7, 11) is 0. The summed E-state index contributed by atoms with van der Waals surface area (Å²) < 4.78 is 7.27. The molecular weight excluding hydrogens is 322 g/mol. The number of carboxylic acids is 1. The predicted molar refractivity (Wildman–Crippen MR) is 91.3 cm³/mol. The van der Waals surface area contributed by atoms with Gasteiger partial charge in [0, 0.05) is 18.7 Å². The van der Waals surface area contributed by atoms with Gasteiger partial charge in [0.25, 0.3) is 0 Å². The van der Waals surface area contributed by atoms with Gasteiger partial charge in [0.05, 0.1) is 12.2 Å². The van der Waals surface area contributed by atoms with Crippen LogP contribution in [0.15, 0.2) is 30.3 Å². The Morgan fingerprint density at radius 2 is 1.84 bits per heavy atom. The molecule has 0 fully saturated rings. The molecule has 0 atom stereocenters. The molecule has 0 saturated heterocycles. The van der Waals surface area contributed by atoms with Gasteiger partial charge in [0.15, 0.2) is 5.69 Å². The monoisotopic (exact) mass is 343 g/mol. The van der Waals surface area contributed by atoms with E-state index in [9.17, 15) is 14.7 Å². The summed E-state index contributed by atoms with van der Waals surface area (Å²) in [5.74, 6) is -0.492. The maximum atomic E-state index is 12.3. The van der Waals surface area contributed by atoms with E-state index in [0.29, 0.717) is 24.6 Å². The molecule has 1 aliphatic rings. The molecule has 1 N–H and O–H groups in total. The van der Waals surface area contributed by atoms with Crippen LogP contribution in [0.5, 0.6) is 0 Å². The summed E-state index contributed by atoms with van der Waals surface area (Å²) in [6.07, 6.45) is -0.447. The van der Waals surface area contributed by atoms with E-state index in [4.69, 9.17) is 4.74 Å². The number of carbonyl (C=O) groups excluding carboxylic acids is 1. The fourth-order valence-corrected chi connectivity index (χ4v) is 2.83. The van der Waals surface area contributed by atoms with E-state index in [-0.39, 0.29) is 12.2 Å². The summed E-state index contributed by atoms with van der Waals surface area (Å²) in [6.45, 7) is 6.48. The summed E-state index contributed by atoms with van der Waals surface area (Å²) in [5.41, 5.74) is 0.747. The topological polar surface area (TPSA) is 84.7 Å². The van der Waals surface area contributed by atoms with E-state index in [1.165, 1.54) is 4.90 Å². The van der Waals surface area contributed by atoms with Crippen molar-refractivity contribution in [2.24, 2.45) is 0 Å². The van der Waals surface area contributed by atoms with Gasteiger partial charge >= 0.3 is 12.1 Å². The first-order chi connectivity index (χ1) is 11.8. The molecule has 132 valence electrons. The Balaban J connectivity index is 1.95. The van der Waals surface area contributed by atoms with Crippen molar-refractivity contribution in [2.75, 3.05) is 6.54 Å². The number of hydrogen-bond donors (Lipinski definition) is 1. The van der Waals surface area contributed by atoms with Crippen LogP contribution in [0, 0.1) is 0 Å². The van der Waals surface area contributed by atoms with Crippen LogP contribution in [0.1, 0.15) is 37.0 Å². The van der Waals surface area contributed by atoms with E-state index >= 15 is 0 Å². The molecule has 0 aliphatic carbocycles. The first-order valence-electron chi connectivity index (χ1n) is 8.12. The van der Waals surface area contributed by atoms with Crippen LogP contribution in [0.4, 0.5) is 4.79 Å². The predicted octanol–water partition coefficient (Wildman–Crippen LogP) is 3.00. The SMILES string of the molecule is CC(C)(C)OC(=O)N1CCn2c(-c3ccccc3)nc(C(=O)O)c2C1. The molecule has 7 nitrogen and oxygen atoms in total. The van der Waals surface area contributed by atoms with Crippen LogP contribution in [-0.4, -0.2) is 43.8 Å². The molecule has 0 bridgehead atoms. The maximum Gasteiger partial charge on any atom is 0.410 e. The van der Waals surface area contributed by atoms with Crippen molar-refractivity contribution in [3.63, 3.8) is 0 Å². The van der Waals surface area contributed by atoms with E-state index in [1.54, 1.807) is 20.8 Å². The Morgan fingerprint density at radius 1 is 1.16 bits per heavy atom. The minimum atomic E-state index is -1.10. The number of fused-ring (bicyclic) bond motifs is 1. The molecule has 1 aromatic heterocycles. The minimum Gasteiger partial charge on any atom is -0.476 e. The fraction of sp³-hybridized carbons (Fsp3) is 0.389. The van der Waals surface area contributed by atoms with Crippen molar-refractivity contribution in [3.8, 4) is 11.4 Å². The lowest BCUT2D eigenvalue weighted by molar-refractivity contribution is 0.0197. The lowest BCUT2D eigenvalue weighted by atomic mass is 10.2. The zero-order chi connectivity index (χ0) is 18.2. The van der Waals surface area contributed by atoms with Gasteiger partial charge in [-0.15, -0.1) is 0 Å². The van der Waals surface area contributed by atoms with Crippen molar-refractivity contribution >= 4 is 12.1 Å². The third-order valence-electron chi connectivity index (χ3n) is 3.89. The van der Waals surface area contributed by atoms with Gasteiger partial charge in [0.2, 0.25) is 0 Å². The van der Waals surface area contributed by atoms with Crippen molar-refractivity contribution in [2.45, 2.75) is 39.5 Å². The summed E-state index contributed by atoms with van der Waals surface area (Å²) in [4.78, 5) is 29.8. The van der Waals surface area contributed by atoms with Gasteiger partial charge in [0.1, 0.15) is 11.4 Å². The lowest BCUT2D eigenvalue weighted by Crippen LogP contribution is -2.41. The van der Waals surface area contributed by atoms with Crippen LogP contribution < -0.4 is 0 Å². The Hall–Kier alpha value is -2.83. The van der Waals surface area contributed by atoms with Crippen LogP contribution in [0.2, 0.25) is 0 Å². The molecule has 2 heterocycles. The van der Waals surface area contributed by atoms with Crippen LogP contribution in [0.3, 0.4) is 0 Å². The number of carboxylic acid groups (broad SMARTS) is 1. The fourth-order valence-electron chi connectivity index (χ4n) is 2.83. The van der Waals surface area contributed by atoms with Crippen molar-refractivity contribution < 1.29 is 19.4 Å². The maximum absolute atomic E-state index is 12.3. The standard InChI is InChI=1S/C18H21N3O4/c1-18(2,3)25-17(24)20-9-10-21-13(11-20)14(16(22)23)19-15(21)12-7-5-4-6-8-12/h4-8H,9-11H2,1-3H3,(H,22,23). The van der Waals surface area contributed by atoms with Gasteiger partial charge in [-0.05, 0) is 20.8 Å². The highest BCUT2D eigenvalue weighted by molar-refractivity contribution is 5.88. The third-order valence-corrected chi connectivity index (χ3v) is 3.89. The second kappa shape index (κ2) is 6.23. The molecular formula is C18H21N3O4. The second-order valence-electron chi connectivity index (χ2n) is 6.96. The molecule has 0 radical (unpaired) electrons. The third kappa shape index (κ3) is 3.50. The summed E-state index contributed by atoms with van der Waals surface area (Å²) in [5, 5.41) is 9.50. The molecule has 1 aromatic carbocycles. The van der Waals surface area contributed by atoms with Gasteiger partial charge in [-0.3, -0.25) is 0 Å². The number of rotatable bonds is 2. The number of benzene rings is 1. The first kappa shape index (κ1) is 17.0. The molecule has 1 aliphatic heterocycles. The second-order valence-corrected chi connectivity index (χ2v) is 6.96. The highest BCUT2D eigenvalue weighted by Crippen LogP contribution is 2.27. The van der Waals surface area contributed by atoms with Crippen LogP contribution in [0.25, 0.3) is 11.4 Å². The molecule has 2 aromatic rings. The number of ether oxygens (including phenoxy) is 1. The first-order valence-corrected chi connectivity index (χ1v) is 8.12. The largest absolute Gasteiger partial charge is 0.476 e. The van der Waals surface area contributed by atoms with E-state index in [0.717, 1.165) is 5.56 Å². The number of aromatic nitrogens is 2. The molecule has 7 heteroatoms. The Labute approximate surface area is 145 Å². The molecule has 25 heavy (non-hydrogen) atoms. The molecule has 0 saturated carbocycles. The quantitative estimate of drug-likeness (QED) is 0.906. The van der Waals surface area contributed by atoms with E-state index < -0.39 is 17.7 Å². The molecule has 1 amide bonds. The number of amides is 1. The van der Waals surface area contributed by atoms with Crippen molar-refractivity contribution in [1.82, 2.24) is 14.5 Å². The lowest BCUT2D eigenvalue weighted by Gasteiger charge is -2.31. The van der Waals surface area contributed by atoms with Gasteiger partial charge in [-0.25, -0.2) is 14.6 Å². The van der Waals surface area contributed by atoms with Crippen LogP contribution in [-0.2, 0) is 17.8 Å². The number of aromatic carboxylic acids is 1. The Morgan fingerprint density at radius 3 is 2.44 bits per heavy atom. The van der Waals surface area contributed by atoms with E-state index in [1.807, 2.05) is 34.9 Å². The molecule has 3 rings (SSSR count). The van der Waals surface area contributed by atoms with Crippen molar-refractivity contribution in [1.29, 1.82) is 0 Å². The number of nitrogens with zero attached hydrogens (tertiary/aromatic N) is 3. The minimum absolute atomic E-state index is 0.0212. The summed E-state index contributed by atoms with van der Waals surface area (Å²) >= 11 is 0. The van der Waals surface area contributed by atoms with E-state index in [2.05, 4.69) is 4.98 Å². The average Bonchev–Trinajstić information content (AvgIpc) is 2.93. The normalized spacial score (nSPS) is 14.1. The summed E-state index contributed by atoms with van der Waals surface area (Å²) in [6, 6.07) is 9.44. The molecule has 0 spiro atoms. The van der Waals surface area contributed by atoms with Gasteiger partial charge < -0.3 is 19.3 Å². The van der Waals surface area contributed by atoms with Gasteiger partial charge in [-0.1, -0.05) is 30.3 Å². The Bertz CT molecular complexity index is 806. The highest BCUT2D eigenvalue weighted by atomic mass is 16.6. The zero-order valence-electron chi connectivity index (χ0n) is 14.5. The zero-order valence-corrected chi connectivity index (χ0v) is 14.5.